The van der Waals surface area contributed by atoms with Crippen LogP contribution in [0.1, 0.15) is 19.3 Å². The molecule has 27 heavy (non-hydrogen) atoms. The Labute approximate surface area is 163 Å². The number of rotatable bonds is 4. The Kier molecular flexibility index (Phi) is 5.15. The van der Waals surface area contributed by atoms with Crippen molar-refractivity contribution in [3.8, 4) is 6.07 Å². The van der Waals surface area contributed by atoms with Crippen molar-refractivity contribution in [1.29, 1.82) is 5.26 Å². The third kappa shape index (κ3) is 3.85. The summed E-state index contributed by atoms with van der Waals surface area (Å²) in [5, 5.41) is 14.3. The number of fused-ring (bicyclic) bond motifs is 1. The Hall–Kier alpha value is -2.36. The monoisotopic (exact) mass is 383 g/mol. The molecule has 1 aromatic heterocycles. The number of aromatic nitrogens is 1. The zero-order valence-corrected chi connectivity index (χ0v) is 15.8. The Morgan fingerprint density at radius 2 is 2.26 bits per heavy atom. The number of halogens is 1. The van der Waals surface area contributed by atoms with Crippen molar-refractivity contribution < 1.29 is 4.79 Å². The summed E-state index contributed by atoms with van der Waals surface area (Å²) >= 11 is 6.36. The van der Waals surface area contributed by atoms with E-state index in [-0.39, 0.29) is 18.0 Å². The minimum atomic E-state index is -0.248. The van der Waals surface area contributed by atoms with Crippen LogP contribution < -0.4 is 5.32 Å². The first-order valence-electron chi connectivity index (χ1n) is 9.36. The zero-order chi connectivity index (χ0) is 18.8. The summed E-state index contributed by atoms with van der Waals surface area (Å²) in [5.74, 6) is 0.0690. The standard InChI is InChI=1S/C20H22ClN5O/c21-18-10-16(9-14-3-1-6-23-20(14)18)24-15-5-8-25(12-15)13-19(27)26-7-2-4-17(26)11-22/h1,3,6,9-10,15,17,24H,2,4-5,7-8,12-13H2/t15-,17?/m1/s1. The number of anilines is 1. The maximum atomic E-state index is 12.5. The van der Waals surface area contributed by atoms with Gasteiger partial charge >= 0.3 is 0 Å². The van der Waals surface area contributed by atoms with Crippen LogP contribution in [0.4, 0.5) is 5.69 Å². The third-order valence-electron chi connectivity index (χ3n) is 5.38. The van der Waals surface area contributed by atoms with Gasteiger partial charge in [-0.15, -0.1) is 0 Å². The summed E-state index contributed by atoms with van der Waals surface area (Å²) in [4.78, 5) is 20.7. The van der Waals surface area contributed by atoms with Crippen molar-refractivity contribution in [3.05, 3.63) is 35.5 Å². The molecule has 0 spiro atoms. The van der Waals surface area contributed by atoms with Crippen molar-refractivity contribution in [2.45, 2.75) is 31.3 Å². The molecule has 2 aromatic rings. The predicted octanol–water partition coefficient (Wildman–Crippen LogP) is 2.89. The molecule has 2 fully saturated rings. The van der Waals surface area contributed by atoms with Crippen LogP contribution in [0.3, 0.4) is 0 Å². The lowest BCUT2D eigenvalue weighted by molar-refractivity contribution is -0.132. The van der Waals surface area contributed by atoms with Crippen molar-refractivity contribution in [2.24, 2.45) is 0 Å². The second-order valence-corrected chi connectivity index (χ2v) is 7.68. The molecular weight excluding hydrogens is 362 g/mol. The third-order valence-corrected chi connectivity index (χ3v) is 5.67. The van der Waals surface area contributed by atoms with Gasteiger partial charge in [-0.05, 0) is 37.5 Å². The van der Waals surface area contributed by atoms with E-state index in [4.69, 9.17) is 16.9 Å². The number of nitrogens with zero attached hydrogens (tertiary/aromatic N) is 4. The normalized spacial score (nSPS) is 22.9. The lowest BCUT2D eigenvalue weighted by Crippen LogP contribution is -2.42. The topological polar surface area (TPSA) is 72.3 Å². The van der Waals surface area contributed by atoms with Gasteiger partial charge in [-0.2, -0.15) is 5.26 Å². The molecule has 6 nitrogen and oxygen atoms in total. The quantitative estimate of drug-likeness (QED) is 0.878. The first-order chi connectivity index (χ1) is 13.1. The summed E-state index contributed by atoms with van der Waals surface area (Å²) in [7, 11) is 0. The SMILES string of the molecule is N#CC1CCCN1C(=O)CN1CC[C@@H](Nc2cc(Cl)c3ncccc3c2)C1. The van der Waals surface area contributed by atoms with Gasteiger partial charge in [0.25, 0.3) is 0 Å². The van der Waals surface area contributed by atoms with E-state index >= 15 is 0 Å². The smallest absolute Gasteiger partial charge is 0.237 e. The second kappa shape index (κ2) is 7.71. The highest BCUT2D eigenvalue weighted by Gasteiger charge is 2.31. The molecule has 0 aliphatic carbocycles. The molecular formula is C20H22ClN5O. The lowest BCUT2D eigenvalue weighted by atomic mass is 10.1. The van der Waals surface area contributed by atoms with E-state index in [1.807, 2.05) is 18.2 Å². The van der Waals surface area contributed by atoms with Gasteiger partial charge in [0.2, 0.25) is 5.91 Å². The molecule has 4 rings (SSSR count). The van der Waals surface area contributed by atoms with E-state index in [0.717, 1.165) is 48.9 Å². The van der Waals surface area contributed by atoms with Gasteiger partial charge in [0.05, 0.1) is 23.2 Å². The largest absolute Gasteiger partial charge is 0.381 e. The number of hydrogen-bond acceptors (Lipinski definition) is 5. The Morgan fingerprint density at radius 1 is 1.37 bits per heavy atom. The van der Waals surface area contributed by atoms with E-state index < -0.39 is 0 Å². The number of amides is 1. The minimum Gasteiger partial charge on any atom is -0.381 e. The molecule has 1 amide bonds. The fourth-order valence-corrected chi connectivity index (χ4v) is 4.32. The summed E-state index contributed by atoms with van der Waals surface area (Å²) in [5.41, 5.74) is 1.78. The van der Waals surface area contributed by atoms with Crippen LogP contribution in [0, 0.1) is 11.3 Å². The second-order valence-electron chi connectivity index (χ2n) is 7.27. The van der Waals surface area contributed by atoms with Crippen molar-refractivity contribution in [2.75, 3.05) is 31.5 Å². The van der Waals surface area contributed by atoms with E-state index in [9.17, 15) is 4.79 Å². The lowest BCUT2D eigenvalue weighted by Gasteiger charge is -2.23. The van der Waals surface area contributed by atoms with Crippen LogP contribution in [0.25, 0.3) is 10.9 Å². The van der Waals surface area contributed by atoms with Crippen LogP contribution in [0.15, 0.2) is 30.5 Å². The van der Waals surface area contributed by atoms with Gasteiger partial charge in [0.1, 0.15) is 6.04 Å². The molecule has 2 saturated heterocycles. The Balaban J connectivity index is 1.36. The van der Waals surface area contributed by atoms with Crippen LogP contribution in [-0.2, 0) is 4.79 Å². The van der Waals surface area contributed by atoms with Crippen molar-refractivity contribution in [1.82, 2.24) is 14.8 Å². The molecule has 1 N–H and O–H groups in total. The van der Waals surface area contributed by atoms with E-state index in [0.29, 0.717) is 18.1 Å². The molecule has 0 radical (unpaired) electrons. The first-order valence-corrected chi connectivity index (χ1v) is 9.74. The minimum absolute atomic E-state index is 0.0690. The van der Waals surface area contributed by atoms with Crippen molar-refractivity contribution >= 4 is 34.1 Å². The first kappa shape index (κ1) is 18.0. The fraction of sp³-hybridized carbons (Fsp3) is 0.450. The van der Waals surface area contributed by atoms with Crippen LogP contribution in [0.5, 0.6) is 0 Å². The van der Waals surface area contributed by atoms with Gasteiger partial charge in [-0.3, -0.25) is 14.7 Å². The van der Waals surface area contributed by atoms with Gasteiger partial charge in [-0.25, -0.2) is 0 Å². The number of benzene rings is 1. The number of hydrogen-bond donors (Lipinski definition) is 1. The van der Waals surface area contributed by atoms with Gasteiger partial charge < -0.3 is 10.2 Å². The van der Waals surface area contributed by atoms with Crippen LogP contribution in [0.2, 0.25) is 5.02 Å². The highest BCUT2D eigenvalue weighted by Crippen LogP contribution is 2.27. The summed E-state index contributed by atoms with van der Waals surface area (Å²) < 4.78 is 0. The van der Waals surface area contributed by atoms with Crippen LogP contribution >= 0.6 is 11.6 Å². The molecule has 140 valence electrons. The number of nitriles is 1. The molecule has 3 heterocycles. The average Bonchev–Trinajstić information content (AvgIpc) is 3.31. The zero-order valence-electron chi connectivity index (χ0n) is 15.1. The molecule has 1 unspecified atom stereocenters. The number of carbonyl (C=O) groups is 1. The highest BCUT2D eigenvalue weighted by molar-refractivity contribution is 6.35. The molecule has 0 bridgehead atoms. The molecule has 0 saturated carbocycles. The Bertz CT molecular complexity index is 896. The molecule has 2 atom stereocenters. The predicted molar refractivity (Wildman–Crippen MR) is 106 cm³/mol. The molecule has 1 aromatic carbocycles. The number of likely N-dealkylation sites (tertiary alicyclic amines) is 2. The van der Waals surface area contributed by atoms with Gasteiger partial charge in [0, 0.05) is 42.9 Å². The maximum absolute atomic E-state index is 12.5. The number of pyridine rings is 1. The number of nitrogens with one attached hydrogen (secondary N) is 1. The summed E-state index contributed by atoms with van der Waals surface area (Å²) in [6, 6.07) is 10.1. The highest BCUT2D eigenvalue weighted by atomic mass is 35.5. The number of carbonyl (C=O) groups excluding carboxylic acids is 1. The van der Waals surface area contributed by atoms with E-state index in [2.05, 4.69) is 27.3 Å². The fourth-order valence-electron chi connectivity index (χ4n) is 4.04. The summed E-state index contributed by atoms with van der Waals surface area (Å²) in [6.45, 7) is 2.77. The summed E-state index contributed by atoms with van der Waals surface area (Å²) in [6.07, 6.45) is 4.43. The van der Waals surface area contributed by atoms with E-state index in [1.165, 1.54) is 0 Å². The van der Waals surface area contributed by atoms with Crippen molar-refractivity contribution in [3.63, 3.8) is 0 Å². The molecule has 7 heteroatoms. The molecule has 2 aliphatic rings. The van der Waals surface area contributed by atoms with Crippen LogP contribution in [-0.4, -0.2) is 59.0 Å². The van der Waals surface area contributed by atoms with Gasteiger partial charge in [-0.1, -0.05) is 17.7 Å². The maximum Gasteiger partial charge on any atom is 0.237 e. The average molecular weight is 384 g/mol. The van der Waals surface area contributed by atoms with Gasteiger partial charge in [0.15, 0.2) is 0 Å². The van der Waals surface area contributed by atoms with E-state index in [1.54, 1.807) is 11.1 Å². The Morgan fingerprint density at radius 3 is 3.11 bits per heavy atom. The molecule has 2 aliphatic heterocycles.